The number of benzene rings is 1. The van der Waals surface area contributed by atoms with Gasteiger partial charge in [-0.25, -0.2) is 0 Å². The summed E-state index contributed by atoms with van der Waals surface area (Å²) in [6.45, 7) is 11.4. The molecule has 0 aromatic heterocycles. The van der Waals surface area contributed by atoms with Gasteiger partial charge in [-0.3, -0.25) is 0 Å². The Hall–Kier alpha value is -0.570. The van der Waals surface area contributed by atoms with Crippen molar-refractivity contribution in [1.29, 1.82) is 0 Å². The molecule has 0 spiro atoms. The van der Waals surface area contributed by atoms with Gasteiger partial charge in [0.15, 0.2) is 0 Å². The Bertz CT molecular complexity index is 390. The van der Waals surface area contributed by atoms with Crippen molar-refractivity contribution in [1.82, 2.24) is 10.2 Å². The van der Waals surface area contributed by atoms with Crippen molar-refractivity contribution in [3.63, 3.8) is 0 Å². The first-order chi connectivity index (χ1) is 9.43. The maximum absolute atomic E-state index is 6.09. The summed E-state index contributed by atoms with van der Waals surface area (Å²) in [5.74, 6) is 0.705. The van der Waals surface area contributed by atoms with Crippen LogP contribution in [0.4, 0.5) is 0 Å². The van der Waals surface area contributed by atoms with Crippen molar-refractivity contribution in [3.8, 4) is 0 Å². The standard InChI is InChI=1S/C17H29ClN2/c1-13(2)12-20(14(3)4)10-9-17(19-5)15-7-6-8-16(18)11-15/h6-8,11,13-14,17,19H,9-10,12H2,1-5H3. The zero-order valence-corrected chi connectivity index (χ0v) is 14.2. The van der Waals surface area contributed by atoms with Gasteiger partial charge in [-0.05, 0) is 50.9 Å². The molecule has 0 saturated carbocycles. The number of rotatable bonds is 8. The van der Waals surface area contributed by atoms with E-state index in [1.54, 1.807) is 0 Å². The first-order valence-corrected chi connectivity index (χ1v) is 7.98. The van der Waals surface area contributed by atoms with Gasteiger partial charge in [-0.2, -0.15) is 0 Å². The lowest BCUT2D eigenvalue weighted by molar-refractivity contribution is 0.188. The molecule has 1 atom stereocenters. The van der Waals surface area contributed by atoms with Gasteiger partial charge in [-0.1, -0.05) is 37.6 Å². The first kappa shape index (κ1) is 17.5. The normalized spacial score (nSPS) is 13.4. The summed E-state index contributed by atoms with van der Waals surface area (Å²) >= 11 is 6.09. The first-order valence-electron chi connectivity index (χ1n) is 7.60. The highest BCUT2D eigenvalue weighted by molar-refractivity contribution is 6.30. The van der Waals surface area contributed by atoms with E-state index in [0.29, 0.717) is 18.0 Å². The molecule has 0 saturated heterocycles. The Kier molecular flexibility index (Phi) is 7.57. The quantitative estimate of drug-likeness (QED) is 0.767. The van der Waals surface area contributed by atoms with Crippen LogP contribution in [0.1, 0.15) is 45.7 Å². The van der Waals surface area contributed by atoms with E-state index in [1.165, 1.54) is 5.56 Å². The van der Waals surface area contributed by atoms with Crippen LogP contribution in [0.25, 0.3) is 0 Å². The van der Waals surface area contributed by atoms with Crippen molar-refractivity contribution in [2.45, 2.75) is 46.2 Å². The topological polar surface area (TPSA) is 15.3 Å². The molecular formula is C17H29ClN2. The van der Waals surface area contributed by atoms with E-state index in [4.69, 9.17) is 11.6 Å². The lowest BCUT2D eigenvalue weighted by Gasteiger charge is -2.30. The summed E-state index contributed by atoms with van der Waals surface area (Å²) in [4.78, 5) is 2.56. The summed E-state index contributed by atoms with van der Waals surface area (Å²) in [5.41, 5.74) is 1.27. The second-order valence-corrected chi connectivity index (χ2v) is 6.60. The fraction of sp³-hybridized carbons (Fsp3) is 0.647. The van der Waals surface area contributed by atoms with E-state index in [2.05, 4.69) is 50.0 Å². The monoisotopic (exact) mass is 296 g/mol. The highest BCUT2D eigenvalue weighted by Gasteiger charge is 2.15. The van der Waals surface area contributed by atoms with E-state index >= 15 is 0 Å². The van der Waals surface area contributed by atoms with Crippen molar-refractivity contribution in [2.24, 2.45) is 5.92 Å². The van der Waals surface area contributed by atoms with Gasteiger partial charge in [0.25, 0.3) is 0 Å². The molecule has 1 N–H and O–H groups in total. The van der Waals surface area contributed by atoms with Crippen molar-refractivity contribution in [3.05, 3.63) is 34.9 Å². The van der Waals surface area contributed by atoms with Crippen LogP contribution in [0.3, 0.4) is 0 Å². The van der Waals surface area contributed by atoms with Gasteiger partial charge in [0.2, 0.25) is 0 Å². The molecule has 0 amide bonds. The fourth-order valence-electron chi connectivity index (χ4n) is 2.53. The zero-order valence-electron chi connectivity index (χ0n) is 13.5. The Balaban J connectivity index is 2.64. The largest absolute Gasteiger partial charge is 0.313 e. The molecule has 2 nitrogen and oxygen atoms in total. The molecule has 1 rings (SSSR count). The Labute approximate surface area is 129 Å². The van der Waals surface area contributed by atoms with E-state index in [9.17, 15) is 0 Å². The minimum absolute atomic E-state index is 0.363. The molecule has 20 heavy (non-hydrogen) atoms. The molecule has 1 aromatic carbocycles. The van der Waals surface area contributed by atoms with Gasteiger partial charge in [0.05, 0.1) is 0 Å². The maximum atomic E-state index is 6.09. The van der Waals surface area contributed by atoms with Gasteiger partial charge < -0.3 is 10.2 Å². The van der Waals surface area contributed by atoms with E-state index in [0.717, 1.165) is 24.5 Å². The number of halogens is 1. The molecule has 1 unspecified atom stereocenters. The van der Waals surface area contributed by atoms with Crippen molar-refractivity contribution < 1.29 is 0 Å². The fourth-order valence-corrected chi connectivity index (χ4v) is 2.72. The Morgan fingerprint density at radius 3 is 2.40 bits per heavy atom. The average molecular weight is 297 g/mol. The predicted octanol–water partition coefficient (Wildman–Crippen LogP) is 4.36. The van der Waals surface area contributed by atoms with Gasteiger partial charge in [-0.15, -0.1) is 0 Å². The molecule has 0 fully saturated rings. The van der Waals surface area contributed by atoms with Crippen LogP contribution in [-0.4, -0.2) is 31.1 Å². The Morgan fingerprint density at radius 2 is 1.90 bits per heavy atom. The van der Waals surface area contributed by atoms with Crippen molar-refractivity contribution in [2.75, 3.05) is 20.1 Å². The van der Waals surface area contributed by atoms with Crippen LogP contribution in [0, 0.1) is 5.92 Å². The number of nitrogens with zero attached hydrogens (tertiary/aromatic N) is 1. The van der Waals surface area contributed by atoms with Crippen LogP contribution >= 0.6 is 11.6 Å². The summed E-state index contributed by atoms with van der Waals surface area (Å²) in [5, 5.41) is 4.22. The van der Waals surface area contributed by atoms with Gasteiger partial charge in [0.1, 0.15) is 0 Å². The number of hydrogen-bond donors (Lipinski definition) is 1. The molecule has 0 aliphatic rings. The molecule has 3 heteroatoms. The van der Waals surface area contributed by atoms with E-state index in [1.807, 2.05) is 19.2 Å². The second-order valence-electron chi connectivity index (χ2n) is 6.17. The summed E-state index contributed by atoms with van der Waals surface area (Å²) in [6, 6.07) is 9.12. The molecule has 114 valence electrons. The SMILES string of the molecule is CNC(CCN(CC(C)C)C(C)C)c1cccc(Cl)c1. The maximum Gasteiger partial charge on any atom is 0.0409 e. The van der Waals surface area contributed by atoms with Gasteiger partial charge in [0, 0.05) is 30.2 Å². The minimum Gasteiger partial charge on any atom is -0.313 e. The summed E-state index contributed by atoms with van der Waals surface area (Å²) < 4.78 is 0. The highest BCUT2D eigenvalue weighted by atomic mass is 35.5. The van der Waals surface area contributed by atoms with Gasteiger partial charge >= 0.3 is 0 Å². The number of hydrogen-bond acceptors (Lipinski definition) is 2. The van der Waals surface area contributed by atoms with Crippen LogP contribution in [-0.2, 0) is 0 Å². The van der Waals surface area contributed by atoms with Crippen LogP contribution in [0.5, 0.6) is 0 Å². The van der Waals surface area contributed by atoms with E-state index < -0.39 is 0 Å². The van der Waals surface area contributed by atoms with Crippen LogP contribution in [0.15, 0.2) is 24.3 Å². The second kappa shape index (κ2) is 8.66. The molecule has 1 aromatic rings. The number of nitrogens with one attached hydrogen (secondary N) is 1. The highest BCUT2D eigenvalue weighted by Crippen LogP contribution is 2.21. The molecule has 0 radical (unpaired) electrons. The smallest absolute Gasteiger partial charge is 0.0409 e. The lowest BCUT2D eigenvalue weighted by atomic mass is 10.0. The van der Waals surface area contributed by atoms with Crippen molar-refractivity contribution >= 4 is 11.6 Å². The van der Waals surface area contributed by atoms with E-state index in [-0.39, 0.29) is 0 Å². The third kappa shape index (κ3) is 5.82. The van der Waals surface area contributed by atoms with Crippen LogP contribution < -0.4 is 5.32 Å². The third-order valence-corrected chi connectivity index (χ3v) is 3.87. The molecule has 0 aliphatic carbocycles. The summed E-state index contributed by atoms with van der Waals surface area (Å²) in [6.07, 6.45) is 1.10. The zero-order chi connectivity index (χ0) is 15.1. The van der Waals surface area contributed by atoms with Crippen LogP contribution in [0.2, 0.25) is 5.02 Å². The molecule has 0 aliphatic heterocycles. The predicted molar refractivity (Wildman–Crippen MR) is 89.4 cm³/mol. The molecule has 0 bridgehead atoms. The average Bonchev–Trinajstić information content (AvgIpc) is 2.37. The lowest BCUT2D eigenvalue weighted by Crippen LogP contribution is -2.36. The minimum atomic E-state index is 0.363. The molecule has 0 heterocycles. The molecular weight excluding hydrogens is 268 g/mol. The summed E-state index contributed by atoms with van der Waals surface area (Å²) in [7, 11) is 2.02. The third-order valence-electron chi connectivity index (χ3n) is 3.63. The Morgan fingerprint density at radius 1 is 1.20 bits per heavy atom.